The number of anilines is 1. The fourth-order valence-corrected chi connectivity index (χ4v) is 1.43. The van der Waals surface area contributed by atoms with Crippen LogP contribution in [0.15, 0.2) is 24.3 Å². The lowest BCUT2D eigenvalue weighted by Gasteiger charge is -2.23. The summed E-state index contributed by atoms with van der Waals surface area (Å²) >= 11 is 0. The van der Waals surface area contributed by atoms with Crippen molar-refractivity contribution >= 4 is 11.6 Å². The van der Waals surface area contributed by atoms with Crippen molar-refractivity contribution in [2.75, 3.05) is 25.6 Å². The molecule has 1 aromatic carbocycles. The van der Waals surface area contributed by atoms with Gasteiger partial charge in [-0.1, -0.05) is 12.1 Å². The van der Waals surface area contributed by atoms with Crippen molar-refractivity contribution in [3.8, 4) is 5.75 Å². The number of para-hydroxylation sites is 2. The van der Waals surface area contributed by atoms with Gasteiger partial charge in [-0.15, -0.1) is 0 Å². The topological polar surface area (TPSA) is 70.6 Å². The highest BCUT2D eigenvalue weighted by Gasteiger charge is 2.18. The number of benzene rings is 1. The van der Waals surface area contributed by atoms with E-state index < -0.39 is 5.54 Å². The Balaban J connectivity index is 2.52. The monoisotopic (exact) mass is 252 g/mol. The summed E-state index contributed by atoms with van der Waals surface area (Å²) < 4.78 is 5.17. The van der Waals surface area contributed by atoms with Gasteiger partial charge in [0.15, 0.2) is 0 Å². The largest absolute Gasteiger partial charge is 0.495 e. The van der Waals surface area contributed by atoms with Crippen molar-refractivity contribution in [1.82, 2.24) is 5.32 Å². The summed E-state index contributed by atoms with van der Waals surface area (Å²) in [5.74, 6) is 0.506. The molecule has 100 valence electrons. The SMILES string of the molecule is COc1ccccc1NCC(=O)NC(C)(C)CO. The third-order valence-electron chi connectivity index (χ3n) is 2.42. The fourth-order valence-electron chi connectivity index (χ4n) is 1.43. The lowest BCUT2D eigenvalue weighted by Crippen LogP contribution is -2.48. The number of aliphatic hydroxyl groups is 1. The van der Waals surface area contributed by atoms with Crippen molar-refractivity contribution in [2.45, 2.75) is 19.4 Å². The molecule has 5 heteroatoms. The summed E-state index contributed by atoms with van der Waals surface area (Å²) in [6.07, 6.45) is 0. The number of carbonyl (C=O) groups excluding carboxylic acids is 1. The number of amides is 1. The molecule has 1 rings (SSSR count). The van der Waals surface area contributed by atoms with Crippen molar-refractivity contribution in [3.05, 3.63) is 24.3 Å². The van der Waals surface area contributed by atoms with E-state index in [0.29, 0.717) is 5.75 Å². The molecule has 0 radical (unpaired) electrons. The molecule has 0 bridgehead atoms. The zero-order valence-corrected chi connectivity index (χ0v) is 11.0. The number of nitrogens with one attached hydrogen (secondary N) is 2. The minimum atomic E-state index is -0.612. The van der Waals surface area contributed by atoms with Crippen LogP contribution in [-0.2, 0) is 4.79 Å². The summed E-state index contributed by atoms with van der Waals surface area (Å²) in [5.41, 5.74) is 0.149. The Kier molecular flexibility index (Phi) is 4.97. The minimum Gasteiger partial charge on any atom is -0.495 e. The number of ether oxygens (including phenoxy) is 1. The molecule has 1 amide bonds. The second-order valence-corrected chi connectivity index (χ2v) is 4.64. The third-order valence-corrected chi connectivity index (χ3v) is 2.42. The van der Waals surface area contributed by atoms with Crippen LogP contribution in [0.2, 0.25) is 0 Å². The van der Waals surface area contributed by atoms with Crippen LogP contribution in [0, 0.1) is 0 Å². The standard InChI is InChI=1S/C13H20N2O3/c1-13(2,9-16)15-12(17)8-14-10-6-4-5-7-11(10)18-3/h4-7,14,16H,8-9H2,1-3H3,(H,15,17). The second kappa shape index (κ2) is 6.26. The lowest BCUT2D eigenvalue weighted by molar-refractivity contribution is -0.121. The number of rotatable bonds is 6. The van der Waals surface area contributed by atoms with Crippen molar-refractivity contribution < 1.29 is 14.6 Å². The molecule has 0 aliphatic carbocycles. The quantitative estimate of drug-likeness (QED) is 0.706. The van der Waals surface area contributed by atoms with E-state index in [9.17, 15) is 4.79 Å². The van der Waals surface area contributed by atoms with Gasteiger partial charge in [0.05, 0.1) is 31.5 Å². The van der Waals surface area contributed by atoms with Crippen LogP contribution in [-0.4, -0.2) is 36.8 Å². The minimum absolute atomic E-state index is 0.104. The maximum absolute atomic E-state index is 11.7. The molecule has 0 aliphatic heterocycles. The molecule has 0 unspecified atom stereocenters. The molecule has 0 aliphatic rings. The molecular weight excluding hydrogens is 232 g/mol. The number of carbonyl (C=O) groups is 1. The summed E-state index contributed by atoms with van der Waals surface area (Å²) in [6, 6.07) is 7.38. The normalized spacial score (nSPS) is 10.9. The molecular formula is C13H20N2O3. The lowest BCUT2D eigenvalue weighted by atomic mass is 10.1. The van der Waals surface area contributed by atoms with Gasteiger partial charge >= 0.3 is 0 Å². The van der Waals surface area contributed by atoms with Crippen molar-refractivity contribution in [3.63, 3.8) is 0 Å². The molecule has 0 saturated heterocycles. The maximum Gasteiger partial charge on any atom is 0.239 e. The smallest absolute Gasteiger partial charge is 0.239 e. The van der Waals surface area contributed by atoms with Gasteiger partial charge < -0.3 is 20.5 Å². The molecule has 18 heavy (non-hydrogen) atoms. The van der Waals surface area contributed by atoms with Gasteiger partial charge in [0.25, 0.3) is 0 Å². The molecule has 0 spiro atoms. The molecule has 3 N–H and O–H groups in total. The number of methoxy groups -OCH3 is 1. The van der Waals surface area contributed by atoms with E-state index in [2.05, 4.69) is 10.6 Å². The molecule has 0 saturated carbocycles. The molecule has 5 nitrogen and oxygen atoms in total. The Labute approximate surface area is 107 Å². The van der Waals surface area contributed by atoms with Crippen LogP contribution in [0.3, 0.4) is 0 Å². The highest BCUT2D eigenvalue weighted by Crippen LogP contribution is 2.22. The van der Waals surface area contributed by atoms with Crippen LogP contribution < -0.4 is 15.4 Å². The number of hydrogen-bond donors (Lipinski definition) is 3. The van der Waals surface area contributed by atoms with Gasteiger partial charge in [0, 0.05) is 0 Å². The van der Waals surface area contributed by atoms with E-state index in [4.69, 9.17) is 9.84 Å². The molecule has 0 fully saturated rings. The highest BCUT2D eigenvalue weighted by molar-refractivity contribution is 5.81. The first kappa shape index (κ1) is 14.3. The zero-order chi connectivity index (χ0) is 13.6. The van der Waals surface area contributed by atoms with Gasteiger partial charge in [0.2, 0.25) is 5.91 Å². The predicted molar refractivity (Wildman–Crippen MR) is 70.8 cm³/mol. The first-order valence-corrected chi connectivity index (χ1v) is 5.77. The average Bonchev–Trinajstić information content (AvgIpc) is 2.36. The van der Waals surface area contributed by atoms with E-state index >= 15 is 0 Å². The van der Waals surface area contributed by atoms with Crippen LogP contribution in [0.5, 0.6) is 5.75 Å². The Morgan fingerprint density at radius 1 is 1.39 bits per heavy atom. The fraction of sp³-hybridized carbons (Fsp3) is 0.462. The Bertz CT molecular complexity index is 405. The average molecular weight is 252 g/mol. The summed E-state index contributed by atoms with van der Waals surface area (Å²) in [5, 5.41) is 14.8. The van der Waals surface area contributed by atoms with Gasteiger partial charge in [-0.05, 0) is 26.0 Å². The summed E-state index contributed by atoms with van der Waals surface area (Å²) in [4.78, 5) is 11.7. The van der Waals surface area contributed by atoms with E-state index in [1.165, 1.54) is 0 Å². The van der Waals surface area contributed by atoms with Crippen molar-refractivity contribution in [2.24, 2.45) is 0 Å². The molecule has 0 atom stereocenters. The third kappa shape index (κ3) is 4.25. The van der Waals surface area contributed by atoms with Gasteiger partial charge in [-0.2, -0.15) is 0 Å². The van der Waals surface area contributed by atoms with Crippen LogP contribution >= 0.6 is 0 Å². The molecule has 0 heterocycles. The van der Waals surface area contributed by atoms with E-state index in [-0.39, 0.29) is 19.1 Å². The van der Waals surface area contributed by atoms with E-state index in [1.54, 1.807) is 21.0 Å². The van der Waals surface area contributed by atoms with Gasteiger partial charge in [-0.3, -0.25) is 4.79 Å². The number of hydrogen-bond acceptors (Lipinski definition) is 4. The Morgan fingerprint density at radius 3 is 2.67 bits per heavy atom. The first-order valence-electron chi connectivity index (χ1n) is 5.77. The Morgan fingerprint density at radius 2 is 2.06 bits per heavy atom. The molecule has 0 aromatic heterocycles. The first-order chi connectivity index (χ1) is 8.48. The second-order valence-electron chi connectivity index (χ2n) is 4.64. The van der Waals surface area contributed by atoms with Gasteiger partial charge in [0.1, 0.15) is 5.75 Å². The van der Waals surface area contributed by atoms with E-state index in [0.717, 1.165) is 5.69 Å². The van der Waals surface area contributed by atoms with Gasteiger partial charge in [-0.25, -0.2) is 0 Å². The van der Waals surface area contributed by atoms with E-state index in [1.807, 2.05) is 24.3 Å². The summed E-state index contributed by atoms with van der Waals surface area (Å²) in [7, 11) is 1.58. The Hall–Kier alpha value is -1.75. The highest BCUT2D eigenvalue weighted by atomic mass is 16.5. The predicted octanol–water partition coefficient (Wildman–Crippen LogP) is 0.994. The zero-order valence-electron chi connectivity index (χ0n) is 11.0. The van der Waals surface area contributed by atoms with Crippen LogP contribution in [0.1, 0.15) is 13.8 Å². The number of aliphatic hydroxyl groups excluding tert-OH is 1. The summed E-state index contributed by atoms with van der Waals surface area (Å²) in [6.45, 7) is 3.54. The van der Waals surface area contributed by atoms with Crippen molar-refractivity contribution in [1.29, 1.82) is 0 Å². The maximum atomic E-state index is 11.7. The molecule has 1 aromatic rings. The van der Waals surface area contributed by atoms with Crippen LogP contribution in [0.25, 0.3) is 0 Å². The van der Waals surface area contributed by atoms with Crippen LogP contribution in [0.4, 0.5) is 5.69 Å².